The van der Waals surface area contributed by atoms with Gasteiger partial charge in [-0.2, -0.15) is 0 Å². The maximum atomic E-state index is 15.2. The van der Waals surface area contributed by atoms with E-state index >= 15 is 4.57 Å². The first-order valence-corrected chi connectivity index (χ1v) is 12.0. The first kappa shape index (κ1) is 20.8. The van der Waals surface area contributed by atoms with Gasteiger partial charge in [0.2, 0.25) is 5.91 Å². The van der Waals surface area contributed by atoms with Gasteiger partial charge in [-0.05, 0) is 17.7 Å². The van der Waals surface area contributed by atoms with Crippen molar-refractivity contribution in [2.75, 3.05) is 4.90 Å². The van der Waals surface area contributed by atoms with E-state index in [4.69, 9.17) is 0 Å². The Labute approximate surface area is 183 Å². The van der Waals surface area contributed by atoms with Crippen LogP contribution in [0.3, 0.4) is 0 Å². The van der Waals surface area contributed by atoms with Gasteiger partial charge in [0.05, 0.1) is 0 Å². The van der Waals surface area contributed by atoms with Gasteiger partial charge in [-0.15, -0.1) is 0 Å². The van der Waals surface area contributed by atoms with Crippen molar-refractivity contribution in [2.45, 2.75) is 12.7 Å². The Morgan fingerprint density at radius 1 is 0.645 bits per heavy atom. The third-order valence-electron chi connectivity index (χ3n) is 5.34. The van der Waals surface area contributed by atoms with Crippen molar-refractivity contribution in [1.29, 1.82) is 0 Å². The fraction of sp³-hybridized carbons (Fsp3) is 0.0741. The smallest absolute Gasteiger partial charge is 0.224 e. The summed E-state index contributed by atoms with van der Waals surface area (Å²) in [6, 6.07) is 38.1. The number of hydrogen-bond acceptors (Lipinski definition) is 2. The lowest BCUT2D eigenvalue weighted by atomic mass is 10.2. The topological polar surface area (TPSA) is 37.4 Å². The monoisotopic (exact) mass is 425 g/mol. The molecule has 1 unspecified atom stereocenters. The van der Waals surface area contributed by atoms with E-state index < -0.39 is 12.9 Å². The largest absolute Gasteiger partial charge is 0.311 e. The van der Waals surface area contributed by atoms with Crippen molar-refractivity contribution in [1.82, 2.24) is 0 Å². The summed E-state index contributed by atoms with van der Waals surface area (Å²) in [6.07, 6.45) is 0. The first-order valence-electron chi connectivity index (χ1n) is 10.2. The highest BCUT2D eigenvalue weighted by Gasteiger charge is 2.43. The van der Waals surface area contributed by atoms with Gasteiger partial charge in [0.25, 0.3) is 0 Å². The zero-order valence-corrected chi connectivity index (χ0v) is 18.2. The van der Waals surface area contributed by atoms with Crippen LogP contribution in [0.2, 0.25) is 0 Å². The van der Waals surface area contributed by atoms with E-state index in [-0.39, 0.29) is 5.91 Å². The van der Waals surface area contributed by atoms with Crippen molar-refractivity contribution < 1.29 is 9.36 Å². The van der Waals surface area contributed by atoms with Crippen LogP contribution in [0.1, 0.15) is 18.3 Å². The van der Waals surface area contributed by atoms with Crippen LogP contribution in [0.5, 0.6) is 0 Å². The Morgan fingerprint density at radius 2 is 1.03 bits per heavy atom. The Morgan fingerprint density at radius 3 is 1.45 bits per heavy atom. The minimum Gasteiger partial charge on any atom is -0.311 e. The fourth-order valence-electron chi connectivity index (χ4n) is 3.96. The van der Waals surface area contributed by atoms with E-state index in [1.807, 2.05) is 121 Å². The van der Waals surface area contributed by atoms with Gasteiger partial charge in [-0.25, -0.2) is 0 Å². The molecule has 1 atom stereocenters. The maximum Gasteiger partial charge on any atom is 0.224 e. The zero-order chi connectivity index (χ0) is 21.7. The molecule has 0 bridgehead atoms. The number of carbonyl (C=O) groups excluding carboxylic acids is 1. The SMILES string of the molecule is CC(=O)N(c1ccccc1)C(c1ccccc1)P(=O)(c1ccccc1)c1ccccc1. The Balaban J connectivity index is 2.05. The predicted octanol–water partition coefficient (Wildman–Crippen LogP) is 5.75. The molecule has 0 aliphatic carbocycles. The molecule has 0 radical (unpaired) electrons. The van der Waals surface area contributed by atoms with E-state index in [1.54, 1.807) is 4.90 Å². The molecule has 4 aromatic carbocycles. The average molecular weight is 425 g/mol. The summed E-state index contributed by atoms with van der Waals surface area (Å²) >= 11 is 0. The Bertz CT molecular complexity index is 1140. The van der Waals surface area contributed by atoms with Gasteiger partial charge in [-0.1, -0.05) is 109 Å². The molecule has 0 saturated heterocycles. The molecule has 0 fully saturated rings. The number of rotatable bonds is 6. The molecule has 4 aromatic rings. The third-order valence-corrected chi connectivity index (χ3v) is 8.69. The van der Waals surface area contributed by atoms with E-state index in [9.17, 15) is 4.79 Å². The number of amides is 1. The highest BCUT2D eigenvalue weighted by Crippen LogP contribution is 2.59. The quantitative estimate of drug-likeness (QED) is 0.369. The van der Waals surface area contributed by atoms with Gasteiger partial charge >= 0.3 is 0 Å². The predicted molar refractivity (Wildman–Crippen MR) is 129 cm³/mol. The lowest BCUT2D eigenvalue weighted by Gasteiger charge is -2.37. The molecule has 0 aliphatic rings. The Kier molecular flexibility index (Phi) is 6.16. The van der Waals surface area contributed by atoms with Gasteiger partial charge in [0.15, 0.2) is 7.14 Å². The lowest BCUT2D eigenvalue weighted by Crippen LogP contribution is -2.37. The summed E-state index contributed by atoms with van der Waals surface area (Å²) in [5.74, 6) is -0.842. The molecule has 3 nitrogen and oxygen atoms in total. The van der Waals surface area contributed by atoms with E-state index in [1.165, 1.54) is 6.92 Å². The summed E-state index contributed by atoms with van der Waals surface area (Å²) in [6.45, 7) is 1.53. The molecule has 4 rings (SSSR count). The van der Waals surface area contributed by atoms with E-state index in [2.05, 4.69) is 0 Å². The molecule has 4 heteroatoms. The number of nitrogens with zero attached hydrogens (tertiary/aromatic N) is 1. The highest BCUT2D eigenvalue weighted by molar-refractivity contribution is 7.79. The van der Waals surface area contributed by atoms with Crippen molar-refractivity contribution in [3.05, 3.63) is 127 Å². The summed E-state index contributed by atoms with van der Waals surface area (Å²) in [5, 5.41) is 1.44. The lowest BCUT2D eigenvalue weighted by molar-refractivity contribution is -0.116. The second kappa shape index (κ2) is 9.16. The molecule has 0 aliphatic heterocycles. The summed E-state index contributed by atoms with van der Waals surface area (Å²) in [4.78, 5) is 14.7. The van der Waals surface area contributed by atoms with Crippen LogP contribution in [-0.2, 0) is 9.36 Å². The molecular formula is C27H24NO2P. The Hall–Kier alpha value is -3.42. The second-order valence-electron chi connectivity index (χ2n) is 7.34. The van der Waals surface area contributed by atoms with Crippen molar-refractivity contribution in [3.63, 3.8) is 0 Å². The van der Waals surface area contributed by atoms with E-state index in [0.29, 0.717) is 0 Å². The molecule has 31 heavy (non-hydrogen) atoms. The van der Waals surface area contributed by atoms with E-state index in [0.717, 1.165) is 21.9 Å². The first-order chi connectivity index (χ1) is 15.1. The summed E-state index contributed by atoms with van der Waals surface area (Å²) in [5.41, 5.74) is 1.55. The second-order valence-corrected chi connectivity index (χ2v) is 10.2. The average Bonchev–Trinajstić information content (AvgIpc) is 2.84. The van der Waals surface area contributed by atoms with Crippen LogP contribution in [0.4, 0.5) is 5.69 Å². The number of benzene rings is 4. The molecule has 154 valence electrons. The summed E-state index contributed by atoms with van der Waals surface area (Å²) < 4.78 is 15.2. The zero-order valence-electron chi connectivity index (χ0n) is 17.3. The summed E-state index contributed by atoms with van der Waals surface area (Å²) in [7, 11) is -3.33. The van der Waals surface area contributed by atoms with Crippen LogP contribution in [0, 0.1) is 0 Å². The molecule has 0 heterocycles. The third kappa shape index (κ3) is 4.10. The van der Waals surface area contributed by atoms with Gasteiger partial charge in [0.1, 0.15) is 5.78 Å². The fourth-order valence-corrected chi connectivity index (χ4v) is 7.27. The van der Waals surface area contributed by atoms with Crippen molar-refractivity contribution in [2.24, 2.45) is 0 Å². The number of carbonyl (C=O) groups is 1. The van der Waals surface area contributed by atoms with Crippen LogP contribution < -0.4 is 15.5 Å². The van der Waals surface area contributed by atoms with Crippen LogP contribution >= 0.6 is 7.14 Å². The number of anilines is 1. The van der Waals surface area contributed by atoms with Gasteiger partial charge in [0, 0.05) is 23.2 Å². The number of hydrogen-bond donors (Lipinski definition) is 0. The van der Waals surface area contributed by atoms with Crippen LogP contribution in [0.25, 0.3) is 0 Å². The maximum absolute atomic E-state index is 15.2. The number of para-hydroxylation sites is 1. The molecule has 0 saturated carbocycles. The minimum atomic E-state index is -3.33. The standard InChI is InChI=1S/C27H24NO2P/c1-22(29)28(24-16-8-3-9-17-24)27(23-14-6-2-7-15-23)31(30,25-18-10-4-11-19-25)26-20-12-5-13-21-26/h2-21,27H,1H3. The molecule has 1 amide bonds. The minimum absolute atomic E-state index is 0.160. The van der Waals surface area contributed by atoms with Crippen molar-refractivity contribution >= 4 is 29.3 Å². The highest BCUT2D eigenvalue weighted by atomic mass is 31.2. The van der Waals surface area contributed by atoms with Crippen LogP contribution in [-0.4, -0.2) is 5.91 Å². The van der Waals surface area contributed by atoms with Crippen LogP contribution in [0.15, 0.2) is 121 Å². The van der Waals surface area contributed by atoms with Gasteiger partial charge < -0.3 is 4.57 Å². The molecule has 0 N–H and O–H groups in total. The molecule has 0 spiro atoms. The molecule has 0 aromatic heterocycles. The van der Waals surface area contributed by atoms with Crippen molar-refractivity contribution in [3.8, 4) is 0 Å². The van der Waals surface area contributed by atoms with Gasteiger partial charge in [-0.3, -0.25) is 9.69 Å². The normalized spacial score (nSPS) is 12.2. The molecular weight excluding hydrogens is 401 g/mol.